The predicted octanol–water partition coefficient (Wildman–Crippen LogP) is 2.86. The van der Waals surface area contributed by atoms with Gasteiger partial charge in [0.25, 0.3) is 0 Å². The van der Waals surface area contributed by atoms with Gasteiger partial charge in [-0.25, -0.2) is 0 Å². The van der Waals surface area contributed by atoms with Crippen molar-refractivity contribution in [3.8, 4) is 0 Å². The Morgan fingerprint density at radius 2 is 1.84 bits per heavy atom. The SMILES string of the molecule is C[C@H]1Cc2ccccc2N1C(=O)CNC[C@@H](c1ccccc1)N(C)C. The van der Waals surface area contributed by atoms with Gasteiger partial charge >= 0.3 is 0 Å². The van der Waals surface area contributed by atoms with Gasteiger partial charge < -0.3 is 15.1 Å². The molecule has 4 nitrogen and oxygen atoms in total. The molecule has 4 heteroatoms. The molecule has 0 unspecified atom stereocenters. The first-order chi connectivity index (χ1) is 12.1. The second-order valence-corrected chi connectivity index (χ2v) is 6.97. The molecule has 0 spiro atoms. The first-order valence-electron chi connectivity index (χ1n) is 8.90. The second kappa shape index (κ2) is 7.81. The number of nitrogens with one attached hydrogen (secondary N) is 1. The largest absolute Gasteiger partial charge is 0.308 e. The molecule has 1 amide bonds. The summed E-state index contributed by atoms with van der Waals surface area (Å²) in [5.41, 5.74) is 3.58. The van der Waals surface area contributed by atoms with Gasteiger partial charge in [0.1, 0.15) is 0 Å². The molecule has 0 saturated carbocycles. The van der Waals surface area contributed by atoms with Crippen LogP contribution in [-0.2, 0) is 11.2 Å². The van der Waals surface area contributed by atoms with Gasteiger partial charge in [0.2, 0.25) is 5.91 Å². The number of carbonyl (C=O) groups excluding carboxylic acids is 1. The van der Waals surface area contributed by atoms with Crippen LogP contribution in [0.15, 0.2) is 54.6 Å². The highest BCUT2D eigenvalue weighted by molar-refractivity contribution is 5.97. The lowest BCUT2D eigenvalue weighted by Crippen LogP contribution is -2.43. The van der Waals surface area contributed by atoms with Gasteiger partial charge in [-0.15, -0.1) is 0 Å². The first kappa shape index (κ1) is 17.6. The summed E-state index contributed by atoms with van der Waals surface area (Å²) in [5.74, 6) is 0.142. The van der Waals surface area contributed by atoms with Gasteiger partial charge in [-0.3, -0.25) is 4.79 Å². The number of benzene rings is 2. The third kappa shape index (κ3) is 3.91. The molecule has 2 atom stereocenters. The van der Waals surface area contributed by atoms with Crippen LogP contribution >= 0.6 is 0 Å². The van der Waals surface area contributed by atoms with E-state index in [1.807, 2.05) is 29.2 Å². The van der Waals surface area contributed by atoms with Crippen molar-refractivity contribution in [1.82, 2.24) is 10.2 Å². The number of likely N-dealkylation sites (N-methyl/N-ethyl adjacent to an activating group) is 1. The summed E-state index contributed by atoms with van der Waals surface area (Å²) in [4.78, 5) is 16.9. The highest BCUT2D eigenvalue weighted by atomic mass is 16.2. The molecule has 1 N–H and O–H groups in total. The zero-order chi connectivity index (χ0) is 17.8. The van der Waals surface area contributed by atoms with Crippen LogP contribution in [0.1, 0.15) is 24.1 Å². The number of carbonyl (C=O) groups is 1. The molecule has 0 aromatic heterocycles. The Bertz CT molecular complexity index is 714. The maximum Gasteiger partial charge on any atom is 0.241 e. The summed E-state index contributed by atoms with van der Waals surface area (Å²) in [6.45, 7) is 3.22. The lowest BCUT2D eigenvalue weighted by Gasteiger charge is -2.27. The minimum atomic E-state index is 0.142. The minimum absolute atomic E-state index is 0.142. The molecule has 132 valence electrons. The lowest BCUT2D eigenvalue weighted by molar-refractivity contribution is -0.118. The van der Waals surface area contributed by atoms with Crippen molar-refractivity contribution in [1.29, 1.82) is 0 Å². The molecule has 1 aliphatic heterocycles. The molecule has 0 fully saturated rings. The van der Waals surface area contributed by atoms with E-state index in [2.05, 4.69) is 61.6 Å². The average molecular weight is 337 g/mol. The summed E-state index contributed by atoms with van der Waals surface area (Å²) < 4.78 is 0. The zero-order valence-corrected chi connectivity index (χ0v) is 15.3. The van der Waals surface area contributed by atoms with Gasteiger partial charge in [0.15, 0.2) is 0 Å². The molecule has 0 aliphatic carbocycles. The third-order valence-corrected chi connectivity index (χ3v) is 4.90. The quantitative estimate of drug-likeness (QED) is 0.880. The van der Waals surface area contributed by atoms with Crippen LogP contribution in [0.4, 0.5) is 5.69 Å². The van der Waals surface area contributed by atoms with Gasteiger partial charge in [-0.2, -0.15) is 0 Å². The van der Waals surface area contributed by atoms with Gasteiger partial charge in [-0.05, 0) is 44.6 Å². The van der Waals surface area contributed by atoms with Crippen LogP contribution in [0, 0.1) is 0 Å². The fourth-order valence-electron chi connectivity index (χ4n) is 3.62. The van der Waals surface area contributed by atoms with E-state index in [1.165, 1.54) is 11.1 Å². The van der Waals surface area contributed by atoms with Gasteiger partial charge in [0.05, 0.1) is 6.54 Å². The summed E-state index contributed by atoms with van der Waals surface area (Å²) >= 11 is 0. The molecule has 3 rings (SSSR count). The Morgan fingerprint density at radius 1 is 1.16 bits per heavy atom. The van der Waals surface area contributed by atoms with Crippen LogP contribution < -0.4 is 10.2 Å². The normalized spacial score (nSPS) is 17.6. The third-order valence-electron chi connectivity index (χ3n) is 4.90. The van der Waals surface area contributed by atoms with E-state index >= 15 is 0 Å². The molecule has 1 aliphatic rings. The van der Waals surface area contributed by atoms with Crippen molar-refractivity contribution < 1.29 is 4.79 Å². The van der Waals surface area contributed by atoms with Crippen LogP contribution in [0.5, 0.6) is 0 Å². The van der Waals surface area contributed by atoms with Crippen molar-refractivity contribution in [3.05, 3.63) is 65.7 Å². The highest BCUT2D eigenvalue weighted by Crippen LogP contribution is 2.31. The molecule has 2 aromatic rings. The predicted molar refractivity (Wildman–Crippen MR) is 103 cm³/mol. The Kier molecular flexibility index (Phi) is 5.51. The molecule has 2 aromatic carbocycles. The molecular weight excluding hydrogens is 310 g/mol. The van der Waals surface area contributed by atoms with E-state index in [0.717, 1.165) is 18.7 Å². The fraction of sp³-hybridized carbons (Fsp3) is 0.381. The van der Waals surface area contributed by atoms with E-state index in [4.69, 9.17) is 0 Å². The van der Waals surface area contributed by atoms with Gasteiger partial charge in [-0.1, -0.05) is 48.5 Å². The van der Waals surface area contributed by atoms with E-state index in [-0.39, 0.29) is 18.0 Å². The fourth-order valence-corrected chi connectivity index (χ4v) is 3.62. The summed E-state index contributed by atoms with van der Waals surface area (Å²) in [6.07, 6.45) is 0.937. The van der Waals surface area contributed by atoms with Crippen molar-refractivity contribution in [3.63, 3.8) is 0 Å². The van der Waals surface area contributed by atoms with Gasteiger partial charge in [0, 0.05) is 24.3 Å². The number of para-hydroxylation sites is 1. The average Bonchev–Trinajstić information content (AvgIpc) is 2.94. The van der Waals surface area contributed by atoms with E-state index < -0.39 is 0 Å². The summed E-state index contributed by atoms with van der Waals surface area (Å²) in [6, 6.07) is 19.1. The summed E-state index contributed by atoms with van der Waals surface area (Å²) in [5, 5.41) is 3.36. The molecule has 25 heavy (non-hydrogen) atoms. The molecule has 0 radical (unpaired) electrons. The second-order valence-electron chi connectivity index (χ2n) is 6.97. The number of hydrogen-bond donors (Lipinski definition) is 1. The maximum absolute atomic E-state index is 12.8. The topological polar surface area (TPSA) is 35.6 Å². The van der Waals surface area contributed by atoms with E-state index in [1.54, 1.807) is 0 Å². The Morgan fingerprint density at radius 3 is 2.56 bits per heavy atom. The summed E-state index contributed by atoms with van der Waals surface area (Å²) in [7, 11) is 4.14. The smallest absolute Gasteiger partial charge is 0.241 e. The number of nitrogens with zero attached hydrogens (tertiary/aromatic N) is 2. The minimum Gasteiger partial charge on any atom is -0.308 e. The molecule has 0 saturated heterocycles. The van der Waals surface area contributed by atoms with E-state index in [0.29, 0.717) is 6.54 Å². The molecular formula is C21H27N3O. The lowest BCUT2D eigenvalue weighted by atomic mass is 10.1. The van der Waals surface area contributed by atoms with Crippen molar-refractivity contribution in [2.45, 2.75) is 25.4 Å². The van der Waals surface area contributed by atoms with Crippen LogP contribution in [0.25, 0.3) is 0 Å². The standard InChI is InChI=1S/C21H27N3O/c1-16-13-18-11-7-8-12-19(18)24(16)21(25)15-22-14-20(23(2)3)17-9-5-4-6-10-17/h4-12,16,20,22H,13-15H2,1-3H3/t16-,20-/m0/s1. The van der Waals surface area contributed by atoms with Crippen LogP contribution in [-0.4, -0.2) is 44.0 Å². The molecule has 1 heterocycles. The number of amides is 1. The Hall–Kier alpha value is -2.17. The van der Waals surface area contributed by atoms with Crippen molar-refractivity contribution in [2.24, 2.45) is 0 Å². The Balaban J connectivity index is 1.61. The number of hydrogen-bond acceptors (Lipinski definition) is 3. The number of fused-ring (bicyclic) bond motifs is 1. The number of anilines is 1. The highest BCUT2D eigenvalue weighted by Gasteiger charge is 2.30. The van der Waals surface area contributed by atoms with Crippen LogP contribution in [0.2, 0.25) is 0 Å². The Labute approximate surface area is 150 Å². The van der Waals surface area contributed by atoms with Crippen molar-refractivity contribution in [2.75, 3.05) is 32.1 Å². The number of rotatable bonds is 6. The van der Waals surface area contributed by atoms with Crippen molar-refractivity contribution >= 4 is 11.6 Å². The molecule has 0 bridgehead atoms. The monoisotopic (exact) mass is 337 g/mol. The first-order valence-corrected chi connectivity index (χ1v) is 8.90. The van der Waals surface area contributed by atoms with E-state index in [9.17, 15) is 4.79 Å². The zero-order valence-electron chi connectivity index (χ0n) is 15.3. The van der Waals surface area contributed by atoms with Crippen LogP contribution in [0.3, 0.4) is 0 Å². The maximum atomic E-state index is 12.8.